The fraction of sp³-hybridized carbons (Fsp3) is 0.150. The van der Waals surface area contributed by atoms with Gasteiger partial charge in [-0.3, -0.25) is 9.78 Å². The minimum absolute atomic E-state index is 0.225. The summed E-state index contributed by atoms with van der Waals surface area (Å²) in [7, 11) is 1.65. The smallest absolute Gasteiger partial charge is 0.270 e. The number of carbonyl (C=O) groups is 1. The summed E-state index contributed by atoms with van der Waals surface area (Å²) in [5.74, 6) is 0.605. The van der Waals surface area contributed by atoms with Crippen LogP contribution in [0.4, 0.5) is 5.69 Å². The molecule has 0 atom stereocenters. The Morgan fingerprint density at radius 2 is 1.85 bits per heavy atom. The van der Waals surface area contributed by atoms with Gasteiger partial charge in [-0.15, -0.1) is 0 Å². The van der Waals surface area contributed by atoms with Crippen molar-refractivity contribution in [3.05, 3.63) is 83.9 Å². The zero-order valence-electron chi connectivity index (χ0n) is 14.5. The summed E-state index contributed by atoms with van der Waals surface area (Å²) in [6, 6.07) is 17.0. The average molecular weight is 348 g/mol. The summed E-state index contributed by atoms with van der Waals surface area (Å²) in [4.78, 5) is 20.5. The first-order chi connectivity index (χ1) is 12.7. The number of rotatable bonds is 7. The van der Waals surface area contributed by atoms with E-state index >= 15 is 0 Å². The van der Waals surface area contributed by atoms with Crippen molar-refractivity contribution in [2.75, 3.05) is 12.4 Å². The van der Waals surface area contributed by atoms with Gasteiger partial charge in [-0.2, -0.15) is 0 Å². The van der Waals surface area contributed by atoms with E-state index in [4.69, 9.17) is 4.74 Å². The number of hydrogen-bond acceptors (Lipinski definition) is 5. The molecule has 3 aromatic rings. The number of amides is 1. The van der Waals surface area contributed by atoms with E-state index in [0.717, 1.165) is 22.7 Å². The van der Waals surface area contributed by atoms with Crippen molar-refractivity contribution >= 4 is 11.6 Å². The van der Waals surface area contributed by atoms with Gasteiger partial charge in [0.15, 0.2) is 0 Å². The minimum atomic E-state index is -0.225. The van der Waals surface area contributed by atoms with Crippen LogP contribution in [0.15, 0.2) is 67.0 Å². The Labute approximate surface area is 152 Å². The van der Waals surface area contributed by atoms with E-state index in [-0.39, 0.29) is 5.91 Å². The summed E-state index contributed by atoms with van der Waals surface area (Å²) >= 11 is 0. The second-order valence-corrected chi connectivity index (χ2v) is 5.64. The maximum atomic E-state index is 12.1. The van der Waals surface area contributed by atoms with Crippen LogP contribution >= 0.6 is 0 Å². The number of ether oxygens (including phenoxy) is 1. The first kappa shape index (κ1) is 17.4. The van der Waals surface area contributed by atoms with Gasteiger partial charge >= 0.3 is 0 Å². The van der Waals surface area contributed by atoms with E-state index in [1.807, 2.05) is 48.5 Å². The van der Waals surface area contributed by atoms with E-state index < -0.39 is 0 Å². The van der Waals surface area contributed by atoms with Crippen LogP contribution in [-0.2, 0) is 13.1 Å². The summed E-state index contributed by atoms with van der Waals surface area (Å²) in [5.41, 5.74) is 3.15. The van der Waals surface area contributed by atoms with Crippen molar-refractivity contribution in [3.63, 3.8) is 0 Å². The number of pyridine rings is 2. The number of nitrogens with one attached hydrogen (secondary N) is 2. The molecule has 2 N–H and O–H groups in total. The normalized spacial score (nSPS) is 10.2. The van der Waals surface area contributed by atoms with Gasteiger partial charge in [0, 0.05) is 12.7 Å². The lowest BCUT2D eigenvalue weighted by atomic mass is 10.2. The highest BCUT2D eigenvalue weighted by Crippen LogP contribution is 2.13. The highest BCUT2D eigenvalue weighted by molar-refractivity contribution is 5.92. The van der Waals surface area contributed by atoms with Crippen LogP contribution in [0.3, 0.4) is 0 Å². The quantitative estimate of drug-likeness (QED) is 0.686. The number of carbonyl (C=O) groups excluding carboxylic acids is 1. The van der Waals surface area contributed by atoms with Gasteiger partial charge in [0.25, 0.3) is 5.91 Å². The molecule has 0 saturated heterocycles. The van der Waals surface area contributed by atoms with Gasteiger partial charge < -0.3 is 15.4 Å². The molecule has 0 aliphatic carbocycles. The van der Waals surface area contributed by atoms with E-state index in [2.05, 4.69) is 20.6 Å². The Bertz CT molecular complexity index is 834. The zero-order chi connectivity index (χ0) is 18.2. The predicted molar refractivity (Wildman–Crippen MR) is 100.0 cm³/mol. The summed E-state index contributed by atoms with van der Waals surface area (Å²) < 4.78 is 5.14. The van der Waals surface area contributed by atoms with Crippen LogP contribution in [0, 0.1) is 0 Å². The maximum absolute atomic E-state index is 12.1. The van der Waals surface area contributed by atoms with Crippen molar-refractivity contribution in [3.8, 4) is 5.75 Å². The van der Waals surface area contributed by atoms with Gasteiger partial charge in [0.1, 0.15) is 11.4 Å². The first-order valence-electron chi connectivity index (χ1n) is 8.25. The lowest BCUT2D eigenvalue weighted by Crippen LogP contribution is -2.24. The number of benzene rings is 1. The number of aromatic nitrogens is 2. The molecule has 6 nitrogen and oxygen atoms in total. The third-order valence-electron chi connectivity index (χ3n) is 3.81. The van der Waals surface area contributed by atoms with Crippen LogP contribution in [0.2, 0.25) is 0 Å². The maximum Gasteiger partial charge on any atom is 0.270 e. The highest BCUT2D eigenvalue weighted by atomic mass is 16.5. The van der Waals surface area contributed by atoms with Gasteiger partial charge in [0.2, 0.25) is 0 Å². The minimum Gasteiger partial charge on any atom is -0.497 e. The third kappa shape index (κ3) is 4.80. The monoisotopic (exact) mass is 348 g/mol. The Kier molecular flexibility index (Phi) is 5.77. The van der Waals surface area contributed by atoms with Crippen molar-refractivity contribution in [1.29, 1.82) is 0 Å². The number of methoxy groups -OCH3 is 1. The third-order valence-corrected chi connectivity index (χ3v) is 3.81. The summed E-state index contributed by atoms with van der Waals surface area (Å²) in [6.45, 7) is 1.04. The van der Waals surface area contributed by atoms with Gasteiger partial charge in [-0.25, -0.2) is 4.98 Å². The first-order valence-corrected chi connectivity index (χ1v) is 8.25. The average Bonchev–Trinajstić information content (AvgIpc) is 2.72. The molecule has 0 aliphatic heterocycles. The van der Waals surface area contributed by atoms with E-state index in [1.54, 1.807) is 25.6 Å². The molecular formula is C20H20N4O2. The molecule has 26 heavy (non-hydrogen) atoms. The SMILES string of the molecule is COc1ccc(CNc2ccc(C(=O)NCc3ccccn3)nc2)cc1. The van der Waals surface area contributed by atoms with Crippen LogP contribution in [0.25, 0.3) is 0 Å². The lowest BCUT2D eigenvalue weighted by Gasteiger charge is -2.08. The Balaban J connectivity index is 1.51. The van der Waals surface area contributed by atoms with Crippen molar-refractivity contribution in [1.82, 2.24) is 15.3 Å². The standard InChI is InChI=1S/C20H20N4O2/c1-26-18-8-5-15(6-9-18)12-22-17-7-10-19(23-13-17)20(25)24-14-16-4-2-3-11-21-16/h2-11,13,22H,12,14H2,1H3,(H,24,25). The van der Waals surface area contributed by atoms with E-state index in [0.29, 0.717) is 18.8 Å². The van der Waals surface area contributed by atoms with Gasteiger partial charge in [-0.1, -0.05) is 18.2 Å². The molecule has 0 spiro atoms. The predicted octanol–water partition coefficient (Wildman–Crippen LogP) is 3.03. The largest absolute Gasteiger partial charge is 0.497 e. The topological polar surface area (TPSA) is 76.1 Å². The molecule has 0 bridgehead atoms. The van der Waals surface area contributed by atoms with Crippen molar-refractivity contribution < 1.29 is 9.53 Å². The number of nitrogens with zero attached hydrogens (tertiary/aromatic N) is 2. The lowest BCUT2D eigenvalue weighted by molar-refractivity contribution is 0.0945. The van der Waals surface area contributed by atoms with E-state index in [1.165, 1.54) is 0 Å². The highest BCUT2D eigenvalue weighted by Gasteiger charge is 2.07. The van der Waals surface area contributed by atoms with Gasteiger partial charge in [0.05, 0.1) is 31.2 Å². The van der Waals surface area contributed by atoms with E-state index in [9.17, 15) is 4.79 Å². The fourth-order valence-electron chi connectivity index (χ4n) is 2.34. The molecule has 0 radical (unpaired) electrons. The zero-order valence-corrected chi connectivity index (χ0v) is 14.5. The fourth-order valence-corrected chi connectivity index (χ4v) is 2.34. The molecule has 3 rings (SSSR count). The Morgan fingerprint density at radius 1 is 1.00 bits per heavy atom. The second kappa shape index (κ2) is 8.62. The summed E-state index contributed by atoms with van der Waals surface area (Å²) in [5, 5.41) is 6.08. The van der Waals surface area contributed by atoms with Crippen molar-refractivity contribution in [2.45, 2.75) is 13.1 Å². The molecule has 1 amide bonds. The molecule has 0 aliphatic rings. The van der Waals surface area contributed by atoms with Crippen LogP contribution in [0.5, 0.6) is 5.75 Å². The molecule has 6 heteroatoms. The molecule has 2 aromatic heterocycles. The van der Waals surface area contributed by atoms with Crippen molar-refractivity contribution in [2.24, 2.45) is 0 Å². The second-order valence-electron chi connectivity index (χ2n) is 5.64. The Hall–Kier alpha value is -3.41. The molecule has 0 saturated carbocycles. The van der Waals surface area contributed by atoms with Crippen LogP contribution in [-0.4, -0.2) is 23.0 Å². The van der Waals surface area contributed by atoms with Gasteiger partial charge in [-0.05, 0) is 42.0 Å². The molecule has 0 fully saturated rings. The molecule has 132 valence electrons. The number of hydrogen-bond donors (Lipinski definition) is 2. The summed E-state index contributed by atoms with van der Waals surface area (Å²) in [6.07, 6.45) is 3.35. The molecule has 2 heterocycles. The van der Waals surface area contributed by atoms with Crippen LogP contribution in [0.1, 0.15) is 21.7 Å². The molecule has 0 unspecified atom stereocenters. The molecule has 1 aromatic carbocycles. The Morgan fingerprint density at radius 3 is 2.50 bits per heavy atom. The number of anilines is 1. The molecular weight excluding hydrogens is 328 g/mol. The van der Waals surface area contributed by atoms with Crippen LogP contribution < -0.4 is 15.4 Å².